The molecule has 6 heteroatoms. The number of nitrogens with zero attached hydrogens (tertiary/aromatic N) is 1. The van der Waals surface area contributed by atoms with Crippen molar-refractivity contribution in [3.63, 3.8) is 0 Å². The molecule has 1 unspecified atom stereocenters. The van der Waals surface area contributed by atoms with Gasteiger partial charge in [0.2, 0.25) is 5.91 Å². The molecule has 1 aromatic carbocycles. The molecule has 0 saturated carbocycles. The first kappa shape index (κ1) is 16.7. The second kappa shape index (κ2) is 8.73. The molecule has 6 nitrogen and oxygen atoms in total. The van der Waals surface area contributed by atoms with Crippen molar-refractivity contribution < 1.29 is 14.3 Å². The molecule has 1 amide bonds. The highest BCUT2D eigenvalue weighted by Gasteiger charge is 2.15. The van der Waals surface area contributed by atoms with E-state index in [0.29, 0.717) is 13.1 Å². The quantitative estimate of drug-likeness (QED) is 0.767. The number of carbonyl (C=O) groups excluding carboxylic acids is 1. The third kappa shape index (κ3) is 4.69. The van der Waals surface area contributed by atoms with Crippen LogP contribution in [0, 0.1) is 0 Å². The highest BCUT2D eigenvalue weighted by atomic mass is 16.5. The number of morpholine rings is 1. The van der Waals surface area contributed by atoms with Crippen LogP contribution in [0.2, 0.25) is 0 Å². The Morgan fingerprint density at radius 1 is 1.41 bits per heavy atom. The van der Waals surface area contributed by atoms with Crippen molar-refractivity contribution in [2.45, 2.75) is 19.1 Å². The molecule has 122 valence electrons. The minimum Gasteiger partial charge on any atom is -0.380 e. The van der Waals surface area contributed by atoms with Crippen molar-refractivity contribution in [1.82, 2.24) is 5.32 Å². The fourth-order valence-corrected chi connectivity index (χ4v) is 2.51. The summed E-state index contributed by atoms with van der Waals surface area (Å²) < 4.78 is 10.5. The molecule has 0 radical (unpaired) electrons. The number of nitrogens with two attached hydrogens (primary N) is 1. The molecular formula is C16H25N3O3. The molecule has 1 aliphatic rings. The van der Waals surface area contributed by atoms with Crippen LogP contribution >= 0.6 is 0 Å². The first-order valence-electron chi connectivity index (χ1n) is 7.64. The van der Waals surface area contributed by atoms with Crippen molar-refractivity contribution in [1.29, 1.82) is 0 Å². The average Bonchev–Trinajstić information content (AvgIpc) is 2.59. The number of carbonyl (C=O) groups is 1. The van der Waals surface area contributed by atoms with Crippen LogP contribution in [0.4, 0.5) is 5.69 Å². The zero-order valence-corrected chi connectivity index (χ0v) is 13.1. The van der Waals surface area contributed by atoms with Crippen molar-refractivity contribution in [2.75, 3.05) is 44.9 Å². The van der Waals surface area contributed by atoms with E-state index in [2.05, 4.69) is 16.3 Å². The number of benzene rings is 1. The van der Waals surface area contributed by atoms with E-state index in [1.165, 1.54) is 0 Å². The van der Waals surface area contributed by atoms with E-state index in [1.807, 2.05) is 18.2 Å². The van der Waals surface area contributed by atoms with Gasteiger partial charge in [0.25, 0.3) is 0 Å². The number of para-hydroxylation sites is 1. The van der Waals surface area contributed by atoms with Crippen LogP contribution < -0.4 is 16.0 Å². The minimum absolute atomic E-state index is 0.0471. The van der Waals surface area contributed by atoms with Gasteiger partial charge in [-0.05, 0) is 11.6 Å². The molecule has 0 bridgehead atoms. The fourth-order valence-electron chi connectivity index (χ4n) is 2.51. The SMILES string of the molecule is COC(CN)CC(=O)NCc1ccccc1N1CCOCC1. The van der Waals surface area contributed by atoms with Crippen molar-refractivity contribution in [2.24, 2.45) is 5.73 Å². The van der Waals surface area contributed by atoms with Gasteiger partial charge >= 0.3 is 0 Å². The number of hydrogen-bond acceptors (Lipinski definition) is 5. The smallest absolute Gasteiger partial charge is 0.222 e. The van der Waals surface area contributed by atoms with Crippen LogP contribution in [0.3, 0.4) is 0 Å². The van der Waals surface area contributed by atoms with E-state index < -0.39 is 0 Å². The van der Waals surface area contributed by atoms with Crippen LogP contribution in [0.5, 0.6) is 0 Å². The Bertz CT molecular complexity index is 471. The summed E-state index contributed by atoms with van der Waals surface area (Å²) >= 11 is 0. The Hall–Kier alpha value is -1.63. The molecule has 0 aromatic heterocycles. The van der Waals surface area contributed by atoms with E-state index in [4.69, 9.17) is 15.2 Å². The number of rotatable bonds is 7. The lowest BCUT2D eigenvalue weighted by Gasteiger charge is -2.30. The summed E-state index contributed by atoms with van der Waals surface area (Å²) in [7, 11) is 1.57. The topological polar surface area (TPSA) is 76.8 Å². The van der Waals surface area contributed by atoms with Crippen LogP contribution in [0.1, 0.15) is 12.0 Å². The number of hydrogen-bond donors (Lipinski definition) is 2. The number of methoxy groups -OCH3 is 1. The lowest BCUT2D eigenvalue weighted by atomic mass is 10.1. The normalized spacial score (nSPS) is 16.4. The Morgan fingerprint density at radius 2 is 2.14 bits per heavy atom. The molecular weight excluding hydrogens is 282 g/mol. The Kier molecular flexibility index (Phi) is 6.64. The molecule has 1 aliphatic heterocycles. The minimum atomic E-state index is -0.227. The Labute approximate surface area is 131 Å². The standard InChI is InChI=1S/C16H25N3O3/c1-21-14(11-17)10-16(20)18-12-13-4-2-3-5-15(13)19-6-8-22-9-7-19/h2-5,14H,6-12,17H2,1H3,(H,18,20). The first-order valence-corrected chi connectivity index (χ1v) is 7.64. The molecule has 1 saturated heterocycles. The highest BCUT2D eigenvalue weighted by Crippen LogP contribution is 2.21. The van der Waals surface area contributed by atoms with Gasteiger partial charge < -0.3 is 25.4 Å². The average molecular weight is 307 g/mol. The lowest BCUT2D eigenvalue weighted by molar-refractivity contribution is -0.123. The monoisotopic (exact) mass is 307 g/mol. The van der Waals surface area contributed by atoms with Gasteiger partial charge in [-0.2, -0.15) is 0 Å². The summed E-state index contributed by atoms with van der Waals surface area (Å²) in [6.45, 7) is 4.09. The summed E-state index contributed by atoms with van der Waals surface area (Å²) in [5, 5.41) is 2.95. The predicted molar refractivity (Wildman–Crippen MR) is 85.8 cm³/mol. The van der Waals surface area contributed by atoms with E-state index in [1.54, 1.807) is 7.11 Å². The molecule has 0 spiro atoms. The van der Waals surface area contributed by atoms with Gasteiger partial charge in [-0.3, -0.25) is 4.79 Å². The molecule has 1 aromatic rings. The van der Waals surface area contributed by atoms with Crippen LogP contribution in [-0.4, -0.2) is 52.0 Å². The summed E-state index contributed by atoms with van der Waals surface area (Å²) in [5.41, 5.74) is 7.81. The molecule has 22 heavy (non-hydrogen) atoms. The van der Waals surface area contributed by atoms with Gasteiger partial charge in [0.05, 0.1) is 25.7 Å². The molecule has 2 rings (SSSR count). The Morgan fingerprint density at radius 3 is 2.82 bits per heavy atom. The zero-order valence-electron chi connectivity index (χ0n) is 13.1. The number of ether oxygens (including phenoxy) is 2. The lowest BCUT2D eigenvalue weighted by Crippen LogP contribution is -2.37. The Balaban J connectivity index is 1.93. The van der Waals surface area contributed by atoms with Gasteiger partial charge in [-0.25, -0.2) is 0 Å². The summed E-state index contributed by atoms with van der Waals surface area (Å²) in [4.78, 5) is 14.2. The predicted octanol–water partition coefficient (Wildman–Crippen LogP) is 0.503. The van der Waals surface area contributed by atoms with Gasteiger partial charge in [0.1, 0.15) is 0 Å². The van der Waals surface area contributed by atoms with Crippen molar-refractivity contribution in [3.8, 4) is 0 Å². The largest absolute Gasteiger partial charge is 0.380 e. The van der Waals surface area contributed by atoms with Crippen molar-refractivity contribution >= 4 is 11.6 Å². The fraction of sp³-hybridized carbons (Fsp3) is 0.562. The van der Waals surface area contributed by atoms with Gasteiger partial charge in [0, 0.05) is 39.0 Å². The van der Waals surface area contributed by atoms with Gasteiger partial charge in [-0.1, -0.05) is 18.2 Å². The van der Waals surface area contributed by atoms with Crippen LogP contribution in [-0.2, 0) is 20.8 Å². The zero-order chi connectivity index (χ0) is 15.8. The maximum atomic E-state index is 12.0. The van der Waals surface area contributed by atoms with E-state index in [0.717, 1.165) is 37.6 Å². The molecule has 1 fully saturated rings. The molecule has 3 N–H and O–H groups in total. The highest BCUT2D eigenvalue weighted by molar-refractivity contribution is 5.76. The van der Waals surface area contributed by atoms with Gasteiger partial charge in [-0.15, -0.1) is 0 Å². The van der Waals surface area contributed by atoms with E-state index >= 15 is 0 Å². The third-order valence-electron chi connectivity index (χ3n) is 3.83. The van der Waals surface area contributed by atoms with Crippen LogP contribution in [0.15, 0.2) is 24.3 Å². The number of amides is 1. The van der Waals surface area contributed by atoms with E-state index in [9.17, 15) is 4.79 Å². The second-order valence-electron chi connectivity index (χ2n) is 5.30. The summed E-state index contributed by atoms with van der Waals surface area (Å²) in [6, 6.07) is 8.14. The second-order valence-corrected chi connectivity index (χ2v) is 5.30. The summed E-state index contributed by atoms with van der Waals surface area (Å²) in [6.07, 6.45) is 0.0571. The molecule has 1 atom stereocenters. The molecule has 1 heterocycles. The third-order valence-corrected chi connectivity index (χ3v) is 3.83. The number of nitrogens with one attached hydrogen (secondary N) is 1. The van der Waals surface area contributed by atoms with E-state index in [-0.39, 0.29) is 18.4 Å². The number of anilines is 1. The first-order chi connectivity index (χ1) is 10.7. The van der Waals surface area contributed by atoms with Crippen molar-refractivity contribution in [3.05, 3.63) is 29.8 Å². The maximum absolute atomic E-state index is 12.0. The maximum Gasteiger partial charge on any atom is 0.222 e. The van der Waals surface area contributed by atoms with Gasteiger partial charge in [0.15, 0.2) is 0 Å². The van der Waals surface area contributed by atoms with Crippen LogP contribution in [0.25, 0.3) is 0 Å². The summed E-state index contributed by atoms with van der Waals surface area (Å²) in [5.74, 6) is -0.0471. The molecule has 0 aliphatic carbocycles.